The quantitative estimate of drug-likeness (QED) is 0.752. The lowest BCUT2D eigenvalue weighted by Crippen LogP contribution is -2.14. The molecule has 1 atom stereocenters. The molecule has 1 aromatic carbocycles. The number of nitrogens with zero attached hydrogens (tertiary/aromatic N) is 1. The highest BCUT2D eigenvalue weighted by molar-refractivity contribution is 7.10. The number of allylic oxidation sites excluding steroid dienone is 1. The van der Waals surface area contributed by atoms with Crippen LogP contribution in [0, 0.1) is 0 Å². The van der Waals surface area contributed by atoms with Gasteiger partial charge < -0.3 is 4.90 Å². The predicted octanol–water partition coefficient (Wildman–Crippen LogP) is 4.48. The van der Waals surface area contributed by atoms with Gasteiger partial charge in [0.2, 0.25) is 0 Å². The molecular weight excluding hydrogens is 314 g/mol. The van der Waals surface area contributed by atoms with Gasteiger partial charge in [-0.3, -0.25) is 4.79 Å². The summed E-state index contributed by atoms with van der Waals surface area (Å²) >= 11 is 1.64. The smallest absolute Gasteiger partial charge is 0.169 e. The van der Waals surface area contributed by atoms with Crippen LogP contribution in [0.2, 0.25) is 0 Å². The van der Waals surface area contributed by atoms with E-state index in [4.69, 9.17) is 0 Å². The minimum Gasteiger partial charge on any atom is -0.377 e. The van der Waals surface area contributed by atoms with Crippen molar-refractivity contribution in [1.82, 2.24) is 4.90 Å². The molecule has 0 saturated carbocycles. The minimum atomic E-state index is -0.176. The van der Waals surface area contributed by atoms with Crippen molar-refractivity contribution in [2.45, 2.75) is 18.8 Å². The van der Waals surface area contributed by atoms with Crippen molar-refractivity contribution in [1.29, 1.82) is 0 Å². The number of likely N-dealkylation sites (tertiary alicyclic amines) is 1. The predicted molar refractivity (Wildman–Crippen MR) is 94.8 cm³/mol. The maximum absolute atomic E-state index is 12.7. The zero-order valence-corrected chi connectivity index (χ0v) is 14.0. The van der Waals surface area contributed by atoms with Gasteiger partial charge >= 0.3 is 0 Å². The first-order valence-corrected chi connectivity index (χ1v) is 8.27. The van der Waals surface area contributed by atoms with E-state index in [9.17, 15) is 4.79 Å². The second-order valence-electron chi connectivity index (χ2n) is 5.32. The summed E-state index contributed by atoms with van der Waals surface area (Å²) in [7, 11) is 0. The number of carbonyl (C=O) groups excluding carboxylic acids is 1. The molecule has 2 heterocycles. The van der Waals surface area contributed by atoms with Gasteiger partial charge in [-0.2, -0.15) is 0 Å². The molecule has 0 N–H and O–H groups in total. The Labute approximate surface area is 141 Å². The van der Waals surface area contributed by atoms with Crippen molar-refractivity contribution in [3.63, 3.8) is 0 Å². The molecule has 0 amide bonds. The summed E-state index contributed by atoms with van der Waals surface area (Å²) in [4.78, 5) is 16.0. The minimum absolute atomic E-state index is 0. The average Bonchev–Trinajstić information content (AvgIpc) is 3.20. The lowest BCUT2D eigenvalue weighted by Gasteiger charge is -2.14. The number of rotatable bonds is 5. The molecule has 0 radical (unpaired) electrons. The Morgan fingerprint density at radius 3 is 2.45 bits per heavy atom. The number of halogens is 1. The van der Waals surface area contributed by atoms with Crippen LogP contribution in [0.4, 0.5) is 0 Å². The summed E-state index contributed by atoms with van der Waals surface area (Å²) in [6, 6.07) is 14.1. The van der Waals surface area contributed by atoms with E-state index in [1.807, 2.05) is 54.0 Å². The summed E-state index contributed by atoms with van der Waals surface area (Å²) in [5, 5.41) is 2.03. The fourth-order valence-electron chi connectivity index (χ4n) is 2.74. The molecule has 0 aliphatic carbocycles. The highest BCUT2D eigenvalue weighted by atomic mass is 35.5. The zero-order chi connectivity index (χ0) is 14.5. The molecule has 4 heteroatoms. The number of hydrogen-bond donors (Lipinski definition) is 0. The molecule has 1 saturated heterocycles. The van der Waals surface area contributed by atoms with Gasteiger partial charge in [-0.05, 0) is 35.9 Å². The van der Waals surface area contributed by atoms with Crippen molar-refractivity contribution in [3.05, 3.63) is 70.6 Å². The van der Waals surface area contributed by atoms with Crippen molar-refractivity contribution >= 4 is 29.5 Å². The van der Waals surface area contributed by atoms with Crippen LogP contribution in [0.25, 0.3) is 0 Å². The monoisotopic (exact) mass is 333 g/mol. The van der Waals surface area contributed by atoms with E-state index in [2.05, 4.69) is 4.90 Å². The average molecular weight is 334 g/mol. The van der Waals surface area contributed by atoms with Crippen molar-refractivity contribution in [3.8, 4) is 0 Å². The Morgan fingerprint density at radius 2 is 1.82 bits per heavy atom. The van der Waals surface area contributed by atoms with E-state index >= 15 is 0 Å². The molecule has 2 aromatic rings. The second-order valence-corrected chi connectivity index (χ2v) is 6.30. The first kappa shape index (κ1) is 16.8. The standard InChI is InChI=1S/C18H19NOS.ClH/c20-16(10-13-19-11-4-5-12-19)18(17-9-6-14-21-17)15-7-2-1-3-8-15;/h1-3,6-10,13-14,18H,4-5,11-12H2;1H/b13-10-;. The molecule has 0 bridgehead atoms. The molecule has 116 valence electrons. The van der Waals surface area contributed by atoms with E-state index in [1.54, 1.807) is 17.4 Å². The summed E-state index contributed by atoms with van der Waals surface area (Å²) in [5.41, 5.74) is 1.07. The molecule has 22 heavy (non-hydrogen) atoms. The van der Waals surface area contributed by atoms with Gasteiger partial charge in [0, 0.05) is 24.2 Å². The summed E-state index contributed by atoms with van der Waals surface area (Å²) in [5.74, 6) is -0.0133. The molecule has 1 unspecified atom stereocenters. The molecule has 1 aliphatic rings. The third kappa shape index (κ3) is 3.99. The second kappa shape index (κ2) is 8.16. The van der Waals surface area contributed by atoms with E-state index in [0.717, 1.165) is 23.5 Å². The Kier molecular flexibility index (Phi) is 6.22. The van der Waals surface area contributed by atoms with Crippen LogP contribution in [0.5, 0.6) is 0 Å². The maximum Gasteiger partial charge on any atom is 0.169 e. The van der Waals surface area contributed by atoms with Crippen LogP contribution in [-0.2, 0) is 4.79 Å². The van der Waals surface area contributed by atoms with Crippen LogP contribution in [-0.4, -0.2) is 23.8 Å². The maximum atomic E-state index is 12.7. The topological polar surface area (TPSA) is 20.3 Å². The normalized spacial score (nSPS) is 15.7. The Bertz CT molecular complexity index is 603. The van der Waals surface area contributed by atoms with Gasteiger partial charge in [-0.1, -0.05) is 36.4 Å². The Balaban J connectivity index is 0.00000176. The van der Waals surface area contributed by atoms with Gasteiger partial charge in [0.1, 0.15) is 0 Å². The fourth-order valence-corrected chi connectivity index (χ4v) is 3.60. The summed E-state index contributed by atoms with van der Waals surface area (Å²) in [6.45, 7) is 2.14. The van der Waals surface area contributed by atoms with Crippen LogP contribution in [0.1, 0.15) is 29.2 Å². The highest BCUT2D eigenvalue weighted by Crippen LogP contribution is 2.29. The molecule has 1 aromatic heterocycles. The van der Waals surface area contributed by atoms with E-state index < -0.39 is 0 Å². The third-order valence-electron chi connectivity index (χ3n) is 3.84. The number of hydrogen-bond acceptors (Lipinski definition) is 3. The first-order valence-electron chi connectivity index (χ1n) is 7.39. The number of ketones is 1. The van der Waals surface area contributed by atoms with Crippen LogP contribution < -0.4 is 0 Å². The van der Waals surface area contributed by atoms with Gasteiger partial charge in [0.25, 0.3) is 0 Å². The molecular formula is C18H20ClNOS. The van der Waals surface area contributed by atoms with E-state index in [-0.39, 0.29) is 24.1 Å². The summed E-state index contributed by atoms with van der Waals surface area (Å²) in [6.07, 6.45) is 6.18. The number of thiophene rings is 1. The molecule has 1 fully saturated rings. The fraction of sp³-hybridized carbons (Fsp3) is 0.278. The van der Waals surface area contributed by atoms with Crippen molar-refractivity contribution in [2.24, 2.45) is 0 Å². The van der Waals surface area contributed by atoms with Gasteiger partial charge in [-0.25, -0.2) is 0 Å². The van der Waals surface area contributed by atoms with Crippen LogP contribution in [0.15, 0.2) is 60.1 Å². The molecule has 2 nitrogen and oxygen atoms in total. The van der Waals surface area contributed by atoms with E-state index in [0.29, 0.717) is 0 Å². The largest absolute Gasteiger partial charge is 0.377 e. The van der Waals surface area contributed by atoms with E-state index in [1.165, 1.54) is 12.8 Å². The zero-order valence-electron chi connectivity index (χ0n) is 12.4. The third-order valence-corrected chi connectivity index (χ3v) is 4.77. The highest BCUT2D eigenvalue weighted by Gasteiger charge is 2.21. The molecule has 1 aliphatic heterocycles. The Morgan fingerprint density at radius 1 is 1.09 bits per heavy atom. The molecule has 0 spiro atoms. The van der Waals surface area contributed by atoms with Crippen molar-refractivity contribution < 1.29 is 4.79 Å². The number of benzene rings is 1. The SMILES string of the molecule is Cl.O=C(/C=C\N1CCCC1)C(c1ccccc1)c1cccs1. The lowest BCUT2D eigenvalue weighted by atomic mass is 9.93. The summed E-state index contributed by atoms with van der Waals surface area (Å²) < 4.78 is 0. The van der Waals surface area contributed by atoms with Gasteiger partial charge in [0.05, 0.1) is 5.92 Å². The van der Waals surface area contributed by atoms with Crippen LogP contribution >= 0.6 is 23.7 Å². The van der Waals surface area contributed by atoms with Crippen molar-refractivity contribution in [2.75, 3.05) is 13.1 Å². The first-order chi connectivity index (χ1) is 10.3. The number of carbonyl (C=O) groups is 1. The molecule has 3 rings (SSSR count). The van der Waals surface area contributed by atoms with Gasteiger partial charge in [-0.15, -0.1) is 23.7 Å². The van der Waals surface area contributed by atoms with Crippen LogP contribution in [0.3, 0.4) is 0 Å². The van der Waals surface area contributed by atoms with Gasteiger partial charge in [0.15, 0.2) is 5.78 Å². The Hall–Kier alpha value is -1.58. The lowest BCUT2D eigenvalue weighted by molar-refractivity contribution is -0.115.